The fourth-order valence-electron chi connectivity index (χ4n) is 3.86. The zero-order valence-corrected chi connectivity index (χ0v) is 24.7. The van der Waals surface area contributed by atoms with E-state index in [4.69, 9.17) is 23.2 Å². The van der Waals surface area contributed by atoms with Crippen LogP contribution >= 0.6 is 23.2 Å². The van der Waals surface area contributed by atoms with Crippen LogP contribution in [0.15, 0.2) is 77.7 Å². The SMILES string of the molecule is Cc1ccc(CN(C(=O)CN(c2cc(Cl)cc(Cl)c2)S(=O)(=O)c2ccccc2)C(C)C(=O)NCC(C)C)cc1. The summed E-state index contributed by atoms with van der Waals surface area (Å²) < 4.78 is 28.5. The molecule has 3 aromatic rings. The molecule has 0 spiro atoms. The number of anilines is 1. The van der Waals surface area contributed by atoms with Crippen molar-refractivity contribution in [3.8, 4) is 0 Å². The van der Waals surface area contributed by atoms with E-state index in [2.05, 4.69) is 5.32 Å². The number of hydrogen-bond acceptors (Lipinski definition) is 4. The van der Waals surface area contributed by atoms with Gasteiger partial charge in [0, 0.05) is 23.1 Å². The third-order valence-electron chi connectivity index (χ3n) is 6.07. The molecule has 0 saturated heterocycles. The average Bonchev–Trinajstić information content (AvgIpc) is 2.89. The molecule has 2 amide bonds. The van der Waals surface area contributed by atoms with Gasteiger partial charge in [0.2, 0.25) is 11.8 Å². The Morgan fingerprint density at radius 3 is 2.05 bits per heavy atom. The highest BCUT2D eigenvalue weighted by Crippen LogP contribution is 2.30. The summed E-state index contributed by atoms with van der Waals surface area (Å²) in [7, 11) is -4.19. The van der Waals surface area contributed by atoms with E-state index in [9.17, 15) is 18.0 Å². The third kappa shape index (κ3) is 8.21. The van der Waals surface area contributed by atoms with Crippen molar-refractivity contribution in [2.24, 2.45) is 5.92 Å². The van der Waals surface area contributed by atoms with Crippen LogP contribution in [0, 0.1) is 12.8 Å². The van der Waals surface area contributed by atoms with Crippen molar-refractivity contribution in [1.29, 1.82) is 0 Å². The van der Waals surface area contributed by atoms with Crippen molar-refractivity contribution in [2.45, 2.75) is 45.2 Å². The molecule has 0 heterocycles. The molecule has 0 aliphatic carbocycles. The number of carbonyl (C=O) groups excluding carboxylic acids is 2. The molecular formula is C29H33Cl2N3O4S. The van der Waals surface area contributed by atoms with Gasteiger partial charge in [-0.1, -0.05) is 85.1 Å². The summed E-state index contributed by atoms with van der Waals surface area (Å²) in [5.41, 5.74) is 2.00. The quantitative estimate of drug-likeness (QED) is 0.311. The van der Waals surface area contributed by atoms with Gasteiger partial charge in [-0.2, -0.15) is 0 Å². The zero-order chi connectivity index (χ0) is 28.7. The van der Waals surface area contributed by atoms with E-state index in [1.165, 1.54) is 35.2 Å². The molecule has 0 aliphatic rings. The van der Waals surface area contributed by atoms with E-state index in [0.717, 1.165) is 15.4 Å². The maximum Gasteiger partial charge on any atom is 0.264 e. The maximum absolute atomic E-state index is 13.9. The minimum Gasteiger partial charge on any atom is -0.354 e. The number of aryl methyl sites for hydroxylation is 1. The Balaban J connectivity index is 2.03. The van der Waals surface area contributed by atoms with E-state index in [1.54, 1.807) is 25.1 Å². The number of sulfonamides is 1. The second kappa shape index (κ2) is 13.3. The van der Waals surface area contributed by atoms with Gasteiger partial charge in [0.25, 0.3) is 10.0 Å². The molecule has 10 heteroatoms. The first kappa shape index (κ1) is 30.5. The first-order valence-electron chi connectivity index (χ1n) is 12.5. The number of halogens is 2. The molecular weight excluding hydrogens is 557 g/mol. The lowest BCUT2D eigenvalue weighted by atomic mass is 10.1. The Labute approximate surface area is 240 Å². The lowest BCUT2D eigenvalue weighted by Gasteiger charge is -2.32. The van der Waals surface area contributed by atoms with Gasteiger partial charge in [0.1, 0.15) is 12.6 Å². The summed E-state index contributed by atoms with van der Waals surface area (Å²) in [5, 5.41) is 3.31. The van der Waals surface area contributed by atoms with E-state index in [-0.39, 0.29) is 39.0 Å². The van der Waals surface area contributed by atoms with Crippen LogP contribution in [-0.4, -0.2) is 44.3 Å². The molecule has 0 fully saturated rings. The van der Waals surface area contributed by atoms with Crippen LogP contribution in [0.2, 0.25) is 10.0 Å². The molecule has 1 atom stereocenters. The summed E-state index contributed by atoms with van der Waals surface area (Å²) in [6.45, 7) is 7.54. The highest BCUT2D eigenvalue weighted by atomic mass is 35.5. The normalized spacial score (nSPS) is 12.2. The topological polar surface area (TPSA) is 86.8 Å². The third-order valence-corrected chi connectivity index (χ3v) is 8.30. The number of nitrogens with zero attached hydrogens (tertiary/aromatic N) is 2. The molecule has 0 radical (unpaired) electrons. The predicted octanol–water partition coefficient (Wildman–Crippen LogP) is 5.69. The monoisotopic (exact) mass is 589 g/mol. The first-order chi connectivity index (χ1) is 18.4. The molecule has 0 saturated carbocycles. The largest absolute Gasteiger partial charge is 0.354 e. The highest BCUT2D eigenvalue weighted by molar-refractivity contribution is 7.92. The van der Waals surface area contributed by atoms with Gasteiger partial charge < -0.3 is 10.2 Å². The van der Waals surface area contributed by atoms with Crippen LogP contribution in [0.1, 0.15) is 31.9 Å². The Bertz CT molecular complexity index is 1380. The fourth-order valence-corrected chi connectivity index (χ4v) is 5.79. The molecule has 1 unspecified atom stereocenters. The summed E-state index contributed by atoms with van der Waals surface area (Å²) in [5.74, 6) is -0.660. The van der Waals surface area contributed by atoms with E-state index in [1.807, 2.05) is 45.0 Å². The lowest BCUT2D eigenvalue weighted by Crippen LogP contribution is -2.51. The van der Waals surface area contributed by atoms with Gasteiger partial charge in [-0.15, -0.1) is 0 Å². The van der Waals surface area contributed by atoms with Gasteiger partial charge in [-0.3, -0.25) is 13.9 Å². The lowest BCUT2D eigenvalue weighted by molar-refractivity contribution is -0.139. The molecule has 39 heavy (non-hydrogen) atoms. The van der Waals surface area contributed by atoms with Crippen molar-refractivity contribution in [3.63, 3.8) is 0 Å². The van der Waals surface area contributed by atoms with Crippen LogP contribution in [0.3, 0.4) is 0 Å². The molecule has 3 aromatic carbocycles. The van der Waals surface area contributed by atoms with Crippen molar-refractivity contribution < 1.29 is 18.0 Å². The van der Waals surface area contributed by atoms with Crippen LogP contribution in [0.25, 0.3) is 0 Å². The first-order valence-corrected chi connectivity index (χ1v) is 14.7. The molecule has 0 bridgehead atoms. The molecule has 3 rings (SSSR count). The van der Waals surface area contributed by atoms with Gasteiger partial charge in [-0.05, 0) is 55.7 Å². The number of benzene rings is 3. The Morgan fingerprint density at radius 1 is 0.897 bits per heavy atom. The minimum absolute atomic E-state index is 0.00158. The van der Waals surface area contributed by atoms with Gasteiger partial charge in [-0.25, -0.2) is 8.42 Å². The summed E-state index contributed by atoms with van der Waals surface area (Å²) in [6.07, 6.45) is 0. The zero-order valence-electron chi connectivity index (χ0n) is 22.4. The van der Waals surface area contributed by atoms with Gasteiger partial charge >= 0.3 is 0 Å². The number of nitrogens with one attached hydrogen (secondary N) is 1. The van der Waals surface area contributed by atoms with E-state index >= 15 is 0 Å². The van der Waals surface area contributed by atoms with Crippen LogP contribution < -0.4 is 9.62 Å². The summed E-state index contributed by atoms with van der Waals surface area (Å²) in [6, 6.07) is 18.9. The van der Waals surface area contributed by atoms with Crippen molar-refractivity contribution in [1.82, 2.24) is 10.2 Å². The van der Waals surface area contributed by atoms with Gasteiger partial charge in [0.15, 0.2) is 0 Å². The molecule has 0 aliphatic heterocycles. The van der Waals surface area contributed by atoms with Crippen molar-refractivity contribution in [3.05, 3.63) is 94.0 Å². The number of amides is 2. The van der Waals surface area contributed by atoms with Crippen LogP contribution in [0.4, 0.5) is 5.69 Å². The van der Waals surface area contributed by atoms with Crippen LogP contribution in [0.5, 0.6) is 0 Å². The fraction of sp³-hybridized carbons (Fsp3) is 0.310. The summed E-state index contributed by atoms with van der Waals surface area (Å²) in [4.78, 5) is 28.3. The maximum atomic E-state index is 13.9. The molecule has 0 aromatic heterocycles. The molecule has 1 N–H and O–H groups in total. The minimum atomic E-state index is -4.19. The number of rotatable bonds is 11. The highest BCUT2D eigenvalue weighted by Gasteiger charge is 2.32. The Kier molecular flexibility index (Phi) is 10.4. The Morgan fingerprint density at radius 2 is 1.49 bits per heavy atom. The Hall–Kier alpha value is -3.07. The number of hydrogen-bond donors (Lipinski definition) is 1. The van der Waals surface area contributed by atoms with Crippen LogP contribution in [-0.2, 0) is 26.2 Å². The standard InChI is InChI=1S/C29H33Cl2N3O4S/c1-20(2)17-32-29(36)22(4)33(18-23-12-10-21(3)11-13-23)28(35)19-34(26-15-24(30)14-25(31)16-26)39(37,38)27-8-6-5-7-9-27/h5-16,20,22H,17-19H2,1-4H3,(H,32,36). The van der Waals surface area contributed by atoms with Gasteiger partial charge in [0.05, 0.1) is 10.6 Å². The van der Waals surface area contributed by atoms with E-state index < -0.39 is 28.5 Å². The smallest absolute Gasteiger partial charge is 0.264 e. The van der Waals surface area contributed by atoms with Crippen molar-refractivity contribution >= 4 is 50.7 Å². The summed E-state index contributed by atoms with van der Waals surface area (Å²) >= 11 is 12.4. The molecule has 208 valence electrons. The number of carbonyl (C=O) groups is 2. The average molecular weight is 591 g/mol. The van der Waals surface area contributed by atoms with E-state index in [0.29, 0.717) is 6.54 Å². The predicted molar refractivity (Wildman–Crippen MR) is 156 cm³/mol. The second-order valence-corrected chi connectivity index (χ2v) is 12.5. The van der Waals surface area contributed by atoms with Crippen molar-refractivity contribution in [2.75, 3.05) is 17.4 Å². The molecule has 7 nitrogen and oxygen atoms in total. The second-order valence-electron chi connectivity index (χ2n) is 9.77.